The summed E-state index contributed by atoms with van der Waals surface area (Å²) in [5, 5.41) is 2.82. The zero-order valence-corrected chi connectivity index (χ0v) is 14.5. The minimum absolute atomic E-state index is 0.0730. The first kappa shape index (κ1) is 18.3. The van der Waals surface area contributed by atoms with E-state index in [1.54, 1.807) is 24.5 Å². The molecule has 0 aliphatic carbocycles. The lowest BCUT2D eigenvalue weighted by atomic mass is 10.2. The van der Waals surface area contributed by atoms with Crippen LogP contribution in [0.25, 0.3) is 17.2 Å². The Kier molecular flexibility index (Phi) is 6.83. The summed E-state index contributed by atoms with van der Waals surface area (Å²) in [5.74, 6) is 1.36. The molecule has 0 spiro atoms. The highest BCUT2D eigenvalue weighted by atomic mass is 16.3. The summed E-state index contributed by atoms with van der Waals surface area (Å²) in [5.41, 5.74) is 1.64. The Bertz CT molecular complexity index is 777. The summed E-state index contributed by atoms with van der Waals surface area (Å²) >= 11 is 0. The minimum atomic E-state index is -0.0730. The normalized spacial score (nSPS) is 11.7. The van der Waals surface area contributed by atoms with Crippen LogP contribution in [0.1, 0.15) is 32.4 Å². The first-order valence-corrected chi connectivity index (χ1v) is 8.13. The number of hydrogen-bond acceptors (Lipinski definition) is 5. The number of hydrogen-bond donors (Lipinski definition) is 1. The number of furan rings is 1. The molecule has 0 saturated heterocycles. The van der Waals surface area contributed by atoms with Crippen molar-refractivity contribution in [3.63, 3.8) is 0 Å². The topological polar surface area (TPSA) is 80.4 Å². The Morgan fingerprint density at radius 1 is 1.44 bits per heavy atom. The highest BCUT2D eigenvalue weighted by Gasteiger charge is 2.11. The van der Waals surface area contributed by atoms with Crippen molar-refractivity contribution in [3.05, 3.63) is 48.4 Å². The monoisotopic (exact) mass is 338 g/mol. The van der Waals surface area contributed by atoms with Gasteiger partial charge in [0.1, 0.15) is 5.82 Å². The van der Waals surface area contributed by atoms with E-state index in [-0.39, 0.29) is 5.91 Å². The average Bonchev–Trinajstić information content (AvgIpc) is 3.13. The van der Waals surface area contributed by atoms with E-state index in [2.05, 4.69) is 27.0 Å². The maximum atomic E-state index is 11.9. The molecular formula is C19H22N4O2. The summed E-state index contributed by atoms with van der Waals surface area (Å²) in [4.78, 5) is 24.6. The van der Waals surface area contributed by atoms with E-state index in [1.165, 1.54) is 0 Å². The van der Waals surface area contributed by atoms with Crippen LogP contribution in [0.15, 0.2) is 52.1 Å². The molecule has 0 bridgehead atoms. The van der Waals surface area contributed by atoms with Crippen LogP contribution in [-0.4, -0.2) is 29.1 Å². The molecule has 1 amide bonds. The molecule has 0 atom stereocenters. The lowest BCUT2D eigenvalue weighted by Crippen LogP contribution is -2.13. The maximum absolute atomic E-state index is 11.9. The molecule has 1 N–H and O–H groups in total. The molecule has 130 valence electrons. The van der Waals surface area contributed by atoms with E-state index in [1.807, 2.05) is 32.1 Å². The lowest BCUT2D eigenvalue weighted by molar-refractivity contribution is -0.116. The Balaban J connectivity index is 2.35. The molecule has 6 nitrogen and oxygen atoms in total. The molecule has 2 heterocycles. The fourth-order valence-electron chi connectivity index (χ4n) is 2.09. The van der Waals surface area contributed by atoms with Crippen molar-refractivity contribution in [2.24, 2.45) is 4.99 Å². The van der Waals surface area contributed by atoms with Gasteiger partial charge >= 0.3 is 0 Å². The second-order valence-electron chi connectivity index (χ2n) is 5.42. The summed E-state index contributed by atoms with van der Waals surface area (Å²) in [6.45, 7) is 7.89. The smallest absolute Gasteiger partial charge is 0.225 e. The fourth-order valence-corrected chi connectivity index (χ4v) is 2.09. The van der Waals surface area contributed by atoms with Crippen molar-refractivity contribution in [1.29, 1.82) is 0 Å². The molecule has 25 heavy (non-hydrogen) atoms. The number of carbonyl (C=O) groups is 1. The maximum Gasteiger partial charge on any atom is 0.225 e. The van der Waals surface area contributed by atoms with E-state index in [4.69, 9.17) is 4.42 Å². The molecule has 0 saturated carbocycles. The number of rotatable bonds is 8. The summed E-state index contributed by atoms with van der Waals surface area (Å²) in [6.07, 6.45) is 8.51. The van der Waals surface area contributed by atoms with Gasteiger partial charge in [-0.1, -0.05) is 25.2 Å². The zero-order valence-electron chi connectivity index (χ0n) is 14.5. The standard InChI is InChI=1S/C19H22N4O2/c1-4-8-18(24)22-17-13-15(14(2)9-5-6-11-20-3)21-19(23-17)16-10-7-12-25-16/h5-7,9-10,12-13H,3-4,8,11H2,1-2H3,(H,21,22,23,24)/b6-5?,14-9+. The third-order valence-corrected chi connectivity index (χ3v) is 3.33. The molecule has 2 aromatic rings. The van der Waals surface area contributed by atoms with Crippen LogP contribution in [0.3, 0.4) is 0 Å². The summed E-state index contributed by atoms with van der Waals surface area (Å²) in [6, 6.07) is 5.31. The molecule has 2 rings (SSSR count). The van der Waals surface area contributed by atoms with Gasteiger partial charge in [0.15, 0.2) is 11.6 Å². The van der Waals surface area contributed by atoms with Gasteiger partial charge in [0.2, 0.25) is 5.91 Å². The second-order valence-corrected chi connectivity index (χ2v) is 5.42. The summed E-state index contributed by atoms with van der Waals surface area (Å²) in [7, 11) is 0. The lowest BCUT2D eigenvalue weighted by Gasteiger charge is -2.08. The van der Waals surface area contributed by atoms with Gasteiger partial charge in [0, 0.05) is 12.5 Å². The van der Waals surface area contributed by atoms with Gasteiger partial charge < -0.3 is 9.73 Å². The molecule has 0 aromatic carbocycles. The van der Waals surface area contributed by atoms with Crippen molar-refractivity contribution in [3.8, 4) is 11.6 Å². The van der Waals surface area contributed by atoms with Crippen molar-refractivity contribution in [2.45, 2.75) is 26.7 Å². The second kappa shape index (κ2) is 9.32. The number of nitrogens with one attached hydrogen (secondary N) is 1. The number of aliphatic imine (C=N–C) groups is 1. The highest BCUT2D eigenvalue weighted by molar-refractivity contribution is 5.90. The van der Waals surface area contributed by atoms with Gasteiger partial charge in [-0.15, -0.1) is 0 Å². The molecule has 0 aliphatic heterocycles. The Hall–Kier alpha value is -3.02. The Morgan fingerprint density at radius 2 is 2.28 bits per heavy atom. The van der Waals surface area contributed by atoms with Crippen LogP contribution in [0.2, 0.25) is 0 Å². The van der Waals surface area contributed by atoms with Crippen LogP contribution < -0.4 is 5.32 Å². The van der Waals surface area contributed by atoms with E-state index in [0.29, 0.717) is 36.1 Å². The van der Waals surface area contributed by atoms with Crippen LogP contribution in [0.5, 0.6) is 0 Å². The van der Waals surface area contributed by atoms with E-state index < -0.39 is 0 Å². The average molecular weight is 338 g/mol. The largest absolute Gasteiger partial charge is 0.461 e. The van der Waals surface area contributed by atoms with E-state index >= 15 is 0 Å². The quantitative estimate of drug-likeness (QED) is 0.579. The number of nitrogens with zero attached hydrogens (tertiary/aromatic N) is 3. The van der Waals surface area contributed by atoms with Crippen molar-refractivity contribution >= 4 is 24.0 Å². The predicted octanol–water partition coefficient (Wildman–Crippen LogP) is 4.14. The summed E-state index contributed by atoms with van der Waals surface area (Å²) < 4.78 is 5.38. The van der Waals surface area contributed by atoms with E-state index in [9.17, 15) is 4.79 Å². The number of carbonyl (C=O) groups excluding carboxylic acids is 1. The minimum Gasteiger partial charge on any atom is -0.461 e. The van der Waals surface area contributed by atoms with Crippen LogP contribution in [-0.2, 0) is 4.79 Å². The molecule has 6 heteroatoms. The number of allylic oxidation sites excluding steroid dienone is 3. The molecular weight excluding hydrogens is 316 g/mol. The predicted molar refractivity (Wildman–Crippen MR) is 100 cm³/mol. The number of amides is 1. The molecule has 0 aliphatic rings. The third-order valence-electron chi connectivity index (χ3n) is 3.33. The Labute approximate surface area is 147 Å². The van der Waals surface area contributed by atoms with Crippen LogP contribution in [0, 0.1) is 0 Å². The van der Waals surface area contributed by atoms with Gasteiger partial charge in [-0.05, 0) is 37.8 Å². The van der Waals surface area contributed by atoms with Crippen LogP contribution >= 0.6 is 0 Å². The number of anilines is 1. The Morgan fingerprint density at radius 3 is 2.96 bits per heavy atom. The zero-order chi connectivity index (χ0) is 18.1. The molecule has 0 radical (unpaired) electrons. The molecule has 2 aromatic heterocycles. The molecule has 0 fully saturated rings. The van der Waals surface area contributed by atoms with Gasteiger partial charge in [-0.25, -0.2) is 9.97 Å². The van der Waals surface area contributed by atoms with Crippen molar-refractivity contribution in [1.82, 2.24) is 9.97 Å². The number of aromatic nitrogens is 2. The van der Waals surface area contributed by atoms with Gasteiger partial charge in [0.25, 0.3) is 0 Å². The highest BCUT2D eigenvalue weighted by Crippen LogP contribution is 2.22. The van der Waals surface area contributed by atoms with Crippen molar-refractivity contribution < 1.29 is 9.21 Å². The third kappa shape index (κ3) is 5.53. The fraction of sp³-hybridized carbons (Fsp3) is 0.263. The van der Waals surface area contributed by atoms with Gasteiger partial charge in [-0.2, -0.15) is 0 Å². The molecule has 0 unspecified atom stereocenters. The van der Waals surface area contributed by atoms with Gasteiger partial charge in [-0.3, -0.25) is 9.79 Å². The first-order chi connectivity index (χ1) is 12.1. The SMILES string of the molecule is C=NCC=C/C=C(\C)c1cc(NC(=O)CCC)nc(-c2ccco2)n1. The van der Waals surface area contributed by atoms with E-state index in [0.717, 1.165) is 12.0 Å². The van der Waals surface area contributed by atoms with Crippen molar-refractivity contribution in [2.75, 3.05) is 11.9 Å². The van der Waals surface area contributed by atoms with Gasteiger partial charge in [0.05, 0.1) is 18.5 Å². The van der Waals surface area contributed by atoms with Crippen LogP contribution in [0.4, 0.5) is 5.82 Å². The first-order valence-electron chi connectivity index (χ1n) is 8.13.